The highest BCUT2D eigenvalue weighted by Gasteiger charge is 1.96. The van der Waals surface area contributed by atoms with E-state index in [4.69, 9.17) is 5.73 Å². The first-order valence-electron chi connectivity index (χ1n) is 2.95. The molecule has 0 saturated carbocycles. The quantitative estimate of drug-likeness (QED) is 0.745. The van der Waals surface area contributed by atoms with E-state index in [1.165, 1.54) is 0 Å². The summed E-state index contributed by atoms with van der Waals surface area (Å²) < 4.78 is 1.09. The third-order valence-corrected chi connectivity index (χ3v) is 2.33. The molecule has 0 radical (unpaired) electrons. The second kappa shape index (κ2) is 4.50. The first kappa shape index (κ1) is 11.5. The van der Waals surface area contributed by atoms with E-state index in [-0.39, 0.29) is 24.8 Å². The highest BCUT2D eigenvalue weighted by Crippen LogP contribution is 2.23. The predicted octanol–water partition coefficient (Wildman–Crippen LogP) is 2.72. The maximum atomic E-state index is 5.67. The summed E-state index contributed by atoms with van der Waals surface area (Å²) >= 11 is 1.63. The number of rotatable bonds is 0. The van der Waals surface area contributed by atoms with Gasteiger partial charge in [-0.3, -0.25) is 4.98 Å². The minimum Gasteiger partial charge on any atom is -0.397 e. The minimum atomic E-state index is 0. The summed E-state index contributed by atoms with van der Waals surface area (Å²) in [5.74, 6) is 0. The van der Waals surface area contributed by atoms with Gasteiger partial charge in [0, 0.05) is 6.20 Å². The summed E-state index contributed by atoms with van der Waals surface area (Å²) in [6.45, 7) is 0. The summed E-state index contributed by atoms with van der Waals surface area (Å²) in [6, 6.07) is 3.79. The molecule has 2 aromatic heterocycles. The zero-order valence-corrected chi connectivity index (χ0v) is 8.51. The molecule has 2 nitrogen and oxygen atoms in total. The second-order valence-electron chi connectivity index (χ2n) is 2.04. The predicted molar refractivity (Wildman–Crippen MR) is 58.5 cm³/mol. The zero-order valence-electron chi connectivity index (χ0n) is 6.06. The SMILES string of the molecule is Cl.Cl.Nc1ccnc2ccsc12. The number of hydrogen-bond donors (Lipinski definition) is 1. The van der Waals surface area contributed by atoms with Crippen LogP contribution in [0.5, 0.6) is 0 Å². The number of nitrogens with two attached hydrogens (primary N) is 1. The molecule has 2 rings (SSSR count). The lowest BCUT2D eigenvalue weighted by Crippen LogP contribution is -1.83. The molecule has 2 aromatic rings. The Bertz CT molecular complexity index is 361. The van der Waals surface area contributed by atoms with Gasteiger partial charge in [-0.05, 0) is 17.5 Å². The van der Waals surface area contributed by atoms with Crippen LogP contribution in [-0.2, 0) is 0 Å². The number of thiophene rings is 1. The lowest BCUT2D eigenvalue weighted by Gasteiger charge is -1.91. The van der Waals surface area contributed by atoms with Gasteiger partial charge in [-0.2, -0.15) is 0 Å². The van der Waals surface area contributed by atoms with Crippen LogP contribution in [0.2, 0.25) is 0 Å². The van der Waals surface area contributed by atoms with Gasteiger partial charge in [-0.1, -0.05) is 0 Å². The number of hydrogen-bond acceptors (Lipinski definition) is 3. The molecule has 0 saturated heterocycles. The van der Waals surface area contributed by atoms with E-state index < -0.39 is 0 Å². The molecule has 0 unspecified atom stereocenters. The van der Waals surface area contributed by atoms with E-state index in [0.29, 0.717) is 0 Å². The van der Waals surface area contributed by atoms with Crippen molar-refractivity contribution < 1.29 is 0 Å². The van der Waals surface area contributed by atoms with Crippen LogP contribution in [0.25, 0.3) is 10.2 Å². The smallest absolute Gasteiger partial charge is 0.0830 e. The van der Waals surface area contributed by atoms with Gasteiger partial charge >= 0.3 is 0 Å². The average Bonchev–Trinajstić information content (AvgIpc) is 2.36. The fraction of sp³-hybridized carbons (Fsp3) is 0. The fourth-order valence-electron chi connectivity index (χ4n) is 0.894. The van der Waals surface area contributed by atoms with Crippen LogP contribution >= 0.6 is 36.2 Å². The Kier molecular flexibility index (Phi) is 4.31. The Balaban J connectivity index is 0.000000605. The summed E-state index contributed by atoms with van der Waals surface area (Å²) in [6.07, 6.45) is 1.73. The van der Waals surface area contributed by atoms with Crippen LogP contribution in [0.1, 0.15) is 0 Å². The van der Waals surface area contributed by atoms with Gasteiger partial charge in [0.2, 0.25) is 0 Å². The largest absolute Gasteiger partial charge is 0.397 e. The van der Waals surface area contributed by atoms with Gasteiger partial charge in [0.05, 0.1) is 15.9 Å². The molecule has 0 aliphatic rings. The number of halogens is 2. The lowest BCUT2D eigenvalue weighted by molar-refractivity contribution is 1.43. The van der Waals surface area contributed by atoms with Crippen LogP contribution in [0.3, 0.4) is 0 Å². The standard InChI is InChI=1S/C7H6N2S.2ClH/c8-5-1-3-9-6-2-4-10-7(5)6;;/h1-4H,(H2,8,9);2*1H. The number of nitrogen functional groups attached to an aromatic ring is 1. The molecule has 66 valence electrons. The Hall–Kier alpha value is -0.510. The molecule has 0 aromatic carbocycles. The van der Waals surface area contributed by atoms with Crippen molar-refractivity contribution in [2.24, 2.45) is 0 Å². The molecule has 0 aliphatic heterocycles. The molecule has 0 atom stereocenters. The van der Waals surface area contributed by atoms with Crippen molar-refractivity contribution in [2.75, 3.05) is 5.73 Å². The van der Waals surface area contributed by atoms with Crippen molar-refractivity contribution in [1.29, 1.82) is 0 Å². The topological polar surface area (TPSA) is 38.9 Å². The Morgan fingerprint density at radius 2 is 2.00 bits per heavy atom. The van der Waals surface area contributed by atoms with Gasteiger partial charge in [0.1, 0.15) is 0 Å². The first-order chi connectivity index (χ1) is 4.88. The van der Waals surface area contributed by atoms with Crippen molar-refractivity contribution in [2.45, 2.75) is 0 Å². The van der Waals surface area contributed by atoms with Crippen molar-refractivity contribution in [3.63, 3.8) is 0 Å². The maximum Gasteiger partial charge on any atom is 0.0830 e. The van der Waals surface area contributed by atoms with Crippen LogP contribution < -0.4 is 5.73 Å². The van der Waals surface area contributed by atoms with Crippen LogP contribution in [0, 0.1) is 0 Å². The highest BCUT2D eigenvalue weighted by molar-refractivity contribution is 7.17. The third-order valence-electron chi connectivity index (χ3n) is 1.37. The Morgan fingerprint density at radius 3 is 2.67 bits per heavy atom. The number of nitrogens with zero attached hydrogens (tertiary/aromatic N) is 1. The maximum absolute atomic E-state index is 5.67. The molecule has 12 heavy (non-hydrogen) atoms. The number of aromatic nitrogens is 1. The first-order valence-corrected chi connectivity index (χ1v) is 3.83. The van der Waals surface area contributed by atoms with E-state index in [2.05, 4.69) is 4.98 Å². The number of anilines is 1. The summed E-state index contributed by atoms with van der Waals surface area (Å²) in [4.78, 5) is 4.13. The van der Waals surface area contributed by atoms with E-state index in [1.807, 2.05) is 17.5 Å². The summed E-state index contributed by atoms with van der Waals surface area (Å²) in [5, 5.41) is 1.99. The third kappa shape index (κ3) is 1.80. The van der Waals surface area contributed by atoms with E-state index >= 15 is 0 Å². The molecule has 0 amide bonds. The molecule has 5 heteroatoms. The van der Waals surface area contributed by atoms with E-state index in [0.717, 1.165) is 15.9 Å². The Labute approximate surface area is 86.6 Å². The normalized spacial score (nSPS) is 8.67. The van der Waals surface area contributed by atoms with Gasteiger partial charge in [-0.15, -0.1) is 36.2 Å². The zero-order chi connectivity index (χ0) is 6.97. The molecule has 0 bridgehead atoms. The van der Waals surface area contributed by atoms with Crippen molar-refractivity contribution in [1.82, 2.24) is 4.98 Å². The molecule has 0 spiro atoms. The highest BCUT2D eigenvalue weighted by atomic mass is 35.5. The second-order valence-corrected chi connectivity index (χ2v) is 2.95. The van der Waals surface area contributed by atoms with Gasteiger partial charge in [0.25, 0.3) is 0 Å². The van der Waals surface area contributed by atoms with Crippen molar-refractivity contribution in [3.05, 3.63) is 23.7 Å². The molecule has 0 fully saturated rings. The fourth-order valence-corrected chi connectivity index (χ4v) is 1.67. The van der Waals surface area contributed by atoms with Gasteiger partial charge in [0.15, 0.2) is 0 Å². The van der Waals surface area contributed by atoms with Crippen molar-refractivity contribution >= 4 is 52.1 Å². The molecule has 2 heterocycles. The monoisotopic (exact) mass is 222 g/mol. The average molecular weight is 223 g/mol. The van der Waals surface area contributed by atoms with E-state index in [9.17, 15) is 0 Å². The summed E-state index contributed by atoms with van der Waals surface area (Å²) in [7, 11) is 0. The number of fused-ring (bicyclic) bond motifs is 1. The molecule has 0 aliphatic carbocycles. The molecular formula is C7H8Cl2N2S. The number of pyridine rings is 1. The molecular weight excluding hydrogens is 215 g/mol. The molecule has 2 N–H and O–H groups in total. The van der Waals surface area contributed by atoms with Crippen LogP contribution in [0.15, 0.2) is 23.7 Å². The van der Waals surface area contributed by atoms with E-state index in [1.54, 1.807) is 17.5 Å². The minimum absolute atomic E-state index is 0. The van der Waals surface area contributed by atoms with Crippen molar-refractivity contribution in [3.8, 4) is 0 Å². The van der Waals surface area contributed by atoms with Crippen LogP contribution in [-0.4, -0.2) is 4.98 Å². The summed E-state index contributed by atoms with van der Waals surface area (Å²) in [5.41, 5.74) is 7.48. The van der Waals surface area contributed by atoms with Crippen LogP contribution in [0.4, 0.5) is 5.69 Å². The lowest BCUT2D eigenvalue weighted by atomic mass is 10.4. The van der Waals surface area contributed by atoms with Gasteiger partial charge < -0.3 is 5.73 Å². The Morgan fingerprint density at radius 1 is 1.25 bits per heavy atom. The van der Waals surface area contributed by atoms with Gasteiger partial charge in [-0.25, -0.2) is 0 Å².